The van der Waals surface area contributed by atoms with E-state index in [4.69, 9.17) is 0 Å². The summed E-state index contributed by atoms with van der Waals surface area (Å²) in [6.45, 7) is 0.393. The molecular formula is C37H36N8O4S. The number of nitrogens with zero attached hydrogens (tertiary/aromatic N) is 6. The highest BCUT2D eigenvalue weighted by Gasteiger charge is 2.30. The second-order valence-electron chi connectivity index (χ2n) is 12.3. The van der Waals surface area contributed by atoms with Crippen molar-refractivity contribution in [1.82, 2.24) is 24.8 Å². The van der Waals surface area contributed by atoms with Crippen molar-refractivity contribution in [2.24, 2.45) is 7.05 Å². The smallest absolute Gasteiger partial charge is 0.322 e. The average molecular weight is 689 g/mol. The quantitative estimate of drug-likeness (QED) is 0.209. The number of benzene rings is 2. The Kier molecular flexibility index (Phi) is 10.0. The van der Waals surface area contributed by atoms with E-state index in [1.54, 1.807) is 19.3 Å². The van der Waals surface area contributed by atoms with Gasteiger partial charge in [-0.2, -0.15) is 5.26 Å². The van der Waals surface area contributed by atoms with Gasteiger partial charge in [0.25, 0.3) is 0 Å². The van der Waals surface area contributed by atoms with Gasteiger partial charge in [-0.05, 0) is 66.6 Å². The lowest BCUT2D eigenvalue weighted by Gasteiger charge is -2.37. The molecule has 0 spiro atoms. The lowest BCUT2D eigenvalue weighted by molar-refractivity contribution is 0.240. The number of urea groups is 1. The molecule has 2 amide bonds. The van der Waals surface area contributed by atoms with Crippen LogP contribution in [-0.2, 0) is 23.4 Å². The van der Waals surface area contributed by atoms with Crippen molar-refractivity contribution in [2.75, 3.05) is 16.5 Å². The molecule has 1 saturated carbocycles. The van der Waals surface area contributed by atoms with Crippen LogP contribution in [0.2, 0.25) is 0 Å². The molecule has 13 heteroatoms. The Labute approximate surface area is 290 Å². The average Bonchev–Trinajstić information content (AvgIpc) is 3.13. The number of carbonyl (C=O) groups is 1. The third kappa shape index (κ3) is 7.88. The van der Waals surface area contributed by atoms with Gasteiger partial charge in [-0.3, -0.25) is 14.7 Å². The third-order valence-electron chi connectivity index (χ3n) is 8.79. The van der Waals surface area contributed by atoms with Crippen LogP contribution in [-0.4, -0.2) is 52.3 Å². The molecule has 0 unspecified atom stereocenters. The fraction of sp³-hybridized carbons (Fsp3) is 0.243. The summed E-state index contributed by atoms with van der Waals surface area (Å²) in [6.07, 6.45) is 9.92. The van der Waals surface area contributed by atoms with Crippen molar-refractivity contribution in [3.63, 3.8) is 0 Å². The number of nitrogens with one attached hydrogen (secondary N) is 2. The molecule has 5 aromatic rings. The Balaban J connectivity index is 1.19. The van der Waals surface area contributed by atoms with Crippen LogP contribution in [0.5, 0.6) is 0 Å². The summed E-state index contributed by atoms with van der Waals surface area (Å²) in [4.78, 5) is 40.6. The summed E-state index contributed by atoms with van der Waals surface area (Å²) in [5.74, 6) is 0.318. The first-order valence-corrected chi connectivity index (χ1v) is 18.1. The maximum Gasteiger partial charge on any atom is 0.322 e. The first-order valence-electron chi connectivity index (χ1n) is 16.2. The summed E-state index contributed by atoms with van der Waals surface area (Å²) < 4.78 is 25.8. The highest BCUT2D eigenvalue weighted by molar-refractivity contribution is 7.90. The van der Waals surface area contributed by atoms with E-state index in [1.165, 1.54) is 35.3 Å². The molecule has 1 aliphatic rings. The van der Waals surface area contributed by atoms with Gasteiger partial charge in [-0.25, -0.2) is 23.2 Å². The molecule has 3 heterocycles. The van der Waals surface area contributed by atoms with E-state index < -0.39 is 9.84 Å². The predicted molar refractivity (Wildman–Crippen MR) is 191 cm³/mol. The molecule has 254 valence electrons. The van der Waals surface area contributed by atoms with Gasteiger partial charge >= 0.3 is 6.03 Å². The zero-order chi connectivity index (χ0) is 35.3. The van der Waals surface area contributed by atoms with E-state index in [9.17, 15) is 23.3 Å². The number of rotatable bonds is 9. The zero-order valence-corrected chi connectivity index (χ0v) is 28.5. The van der Waals surface area contributed by atoms with Gasteiger partial charge in [-0.1, -0.05) is 42.5 Å². The molecular weight excluding hydrogens is 653 g/mol. The molecule has 50 heavy (non-hydrogen) atoms. The third-order valence-corrected chi connectivity index (χ3v) is 9.87. The van der Waals surface area contributed by atoms with Crippen LogP contribution >= 0.6 is 0 Å². The highest BCUT2D eigenvalue weighted by Crippen LogP contribution is 2.31. The molecule has 0 atom stereocenters. The van der Waals surface area contributed by atoms with E-state index in [2.05, 4.69) is 31.7 Å². The number of nitriles is 1. The molecule has 6 rings (SSSR count). The van der Waals surface area contributed by atoms with Gasteiger partial charge in [0.1, 0.15) is 6.07 Å². The number of aryl methyl sites for hydroxylation is 1. The summed E-state index contributed by atoms with van der Waals surface area (Å²) in [5, 5.41) is 16.2. The van der Waals surface area contributed by atoms with E-state index in [-0.39, 0.29) is 34.1 Å². The minimum absolute atomic E-state index is 0.00819. The standard InChI is InChI=1S/C37H36N8O4S/c1-44-24-27(10-17-34(44)46)26-8-13-31(14-9-26)45(37(47)41-20-25-6-4-3-5-7-25)32-15-11-30(12-16-32)42-36-40-22-29(19-38)35(43-36)28-18-33(23-39-21-28)50(2,48)49/h3-10,13-14,17-18,21-24,30,32H,11-12,15-16,20H2,1-2H3,(H,41,47)(H,40,42,43)/t30-,32-. The van der Waals surface area contributed by atoms with Crippen LogP contribution in [0.15, 0.2) is 107 Å². The van der Waals surface area contributed by atoms with Crippen molar-refractivity contribution < 1.29 is 13.2 Å². The van der Waals surface area contributed by atoms with Crippen LogP contribution in [0.1, 0.15) is 36.8 Å². The number of carbonyl (C=O) groups excluding carboxylic acids is 1. The van der Waals surface area contributed by atoms with E-state index >= 15 is 0 Å². The molecule has 2 aromatic carbocycles. The van der Waals surface area contributed by atoms with E-state index in [1.807, 2.05) is 59.5 Å². The van der Waals surface area contributed by atoms with Crippen LogP contribution in [0.25, 0.3) is 22.4 Å². The molecule has 1 fully saturated rings. The topological polar surface area (TPSA) is 163 Å². The van der Waals surface area contributed by atoms with Crippen LogP contribution in [0, 0.1) is 11.3 Å². The lowest BCUT2D eigenvalue weighted by atomic mass is 9.90. The number of hydrogen-bond donors (Lipinski definition) is 2. The number of amides is 2. The van der Waals surface area contributed by atoms with Crippen molar-refractivity contribution in [1.29, 1.82) is 5.26 Å². The Bertz CT molecular complexity index is 2210. The SMILES string of the molecule is Cn1cc(-c2ccc(N(C(=O)NCc3ccccc3)[C@H]3CC[C@H](Nc4ncc(C#N)c(-c5cncc(S(C)(=O)=O)c5)n4)CC3)cc2)ccc1=O. The van der Waals surface area contributed by atoms with Gasteiger partial charge < -0.3 is 15.2 Å². The normalized spacial score (nSPS) is 15.9. The summed E-state index contributed by atoms with van der Waals surface area (Å²) in [5.41, 5.74) is 4.41. The number of sulfone groups is 1. The lowest BCUT2D eigenvalue weighted by Crippen LogP contribution is -2.48. The molecule has 0 aliphatic heterocycles. The number of pyridine rings is 2. The largest absolute Gasteiger partial charge is 0.351 e. The van der Waals surface area contributed by atoms with E-state index in [0.717, 1.165) is 41.5 Å². The fourth-order valence-corrected chi connectivity index (χ4v) is 6.69. The molecule has 0 radical (unpaired) electrons. The maximum absolute atomic E-state index is 13.8. The Morgan fingerprint density at radius 1 is 0.960 bits per heavy atom. The first-order chi connectivity index (χ1) is 24.1. The first kappa shape index (κ1) is 34.0. The molecule has 0 saturated heterocycles. The predicted octanol–water partition coefficient (Wildman–Crippen LogP) is 5.32. The Morgan fingerprint density at radius 2 is 1.68 bits per heavy atom. The number of anilines is 2. The van der Waals surface area contributed by atoms with Gasteiger partial charge in [0.2, 0.25) is 11.5 Å². The van der Waals surface area contributed by atoms with Gasteiger partial charge in [0.15, 0.2) is 9.84 Å². The maximum atomic E-state index is 13.8. The minimum atomic E-state index is -3.51. The monoisotopic (exact) mass is 688 g/mol. The zero-order valence-electron chi connectivity index (χ0n) is 27.7. The summed E-state index contributed by atoms with van der Waals surface area (Å²) in [7, 11) is -1.79. The fourth-order valence-electron chi connectivity index (χ4n) is 6.10. The molecule has 2 N–H and O–H groups in total. The van der Waals surface area contributed by atoms with Crippen molar-refractivity contribution in [3.05, 3.63) is 119 Å². The Hall–Kier alpha value is -5.87. The van der Waals surface area contributed by atoms with E-state index in [0.29, 0.717) is 36.6 Å². The summed E-state index contributed by atoms with van der Waals surface area (Å²) >= 11 is 0. The molecule has 0 bridgehead atoms. The van der Waals surface area contributed by atoms with Crippen LogP contribution in [0.3, 0.4) is 0 Å². The van der Waals surface area contributed by atoms with Gasteiger partial charge in [0, 0.05) is 67.8 Å². The second-order valence-corrected chi connectivity index (χ2v) is 14.3. The van der Waals surface area contributed by atoms with Crippen molar-refractivity contribution in [3.8, 4) is 28.5 Å². The molecule has 1 aliphatic carbocycles. The molecule has 3 aromatic heterocycles. The second kappa shape index (κ2) is 14.7. The van der Waals surface area contributed by atoms with Crippen LogP contribution < -0.4 is 21.1 Å². The number of aromatic nitrogens is 4. The van der Waals surface area contributed by atoms with Gasteiger partial charge in [0.05, 0.1) is 22.3 Å². The van der Waals surface area contributed by atoms with Crippen LogP contribution in [0.4, 0.5) is 16.4 Å². The Morgan fingerprint density at radius 3 is 2.36 bits per heavy atom. The molecule has 12 nitrogen and oxygen atoms in total. The van der Waals surface area contributed by atoms with Gasteiger partial charge in [-0.15, -0.1) is 0 Å². The number of hydrogen-bond acceptors (Lipinski definition) is 9. The highest BCUT2D eigenvalue weighted by atomic mass is 32.2. The van der Waals surface area contributed by atoms with Crippen molar-refractivity contribution >= 4 is 27.5 Å². The van der Waals surface area contributed by atoms with Crippen molar-refractivity contribution in [2.45, 2.75) is 49.2 Å². The minimum Gasteiger partial charge on any atom is -0.351 e. The summed E-state index contributed by atoms with van der Waals surface area (Å²) in [6, 6.07) is 24.2.